The average molecular weight is 307 g/mol. The van der Waals surface area contributed by atoms with Gasteiger partial charge in [0.1, 0.15) is 6.10 Å². The summed E-state index contributed by atoms with van der Waals surface area (Å²) in [5.74, 6) is -0.251. The number of hydrogen-bond acceptors (Lipinski definition) is 5. The zero-order chi connectivity index (χ0) is 16.9. The Labute approximate surface area is 134 Å². The lowest BCUT2D eigenvalue weighted by molar-refractivity contribution is -0.143. The Hall–Kier alpha value is -1.91. The Morgan fingerprint density at radius 1 is 0.909 bits per heavy atom. The largest absolute Gasteiger partial charge is 0.453 e. The summed E-state index contributed by atoms with van der Waals surface area (Å²) >= 11 is 0. The molecular formula is C17H29N3O2. The van der Waals surface area contributed by atoms with Gasteiger partial charge in [-0.3, -0.25) is 4.79 Å². The number of hydrogen-bond donors (Lipinski definition) is 0. The molecule has 0 radical (unpaired) electrons. The predicted molar refractivity (Wildman–Crippen MR) is 90.1 cm³/mol. The molecule has 1 aliphatic carbocycles. The molecule has 0 aromatic carbocycles. The zero-order valence-electron chi connectivity index (χ0n) is 14.9. The molecule has 22 heavy (non-hydrogen) atoms. The monoisotopic (exact) mass is 307 g/mol. The van der Waals surface area contributed by atoms with Crippen LogP contribution in [-0.4, -0.2) is 69.1 Å². The first-order valence-corrected chi connectivity index (χ1v) is 7.46. The van der Waals surface area contributed by atoms with Crippen molar-refractivity contribution in [2.24, 2.45) is 0 Å². The second kappa shape index (κ2) is 7.92. The molecule has 0 heterocycles. The van der Waals surface area contributed by atoms with Crippen molar-refractivity contribution in [2.75, 3.05) is 42.3 Å². The van der Waals surface area contributed by atoms with E-state index in [0.717, 1.165) is 24.0 Å². The van der Waals surface area contributed by atoms with Crippen LogP contribution < -0.4 is 0 Å². The van der Waals surface area contributed by atoms with Crippen molar-refractivity contribution in [1.29, 1.82) is 0 Å². The molecular weight excluding hydrogens is 278 g/mol. The maximum absolute atomic E-state index is 11.5. The third-order valence-electron chi connectivity index (χ3n) is 3.11. The van der Waals surface area contributed by atoms with Crippen LogP contribution in [0.1, 0.15) is 19.8 Å². The van der Waals surface area contributed by atoms with Crippen molar-refractivity contribution in [3.05, 3.63) is 35.3 Å². The summed E-state index contributed by atoms with van der Waals surface area (Å²) in [4.78, 5) is 17.6. The Morgan fingerprint density at radius 3 is 1.64 bits per heavy atom. The summed E-state index contributed by atoms with van der Waals surface area (Å²) in [6.45, 7) is 1.46. The van der Waals surface area contributed by atoms with E-state index in [0.29, 0.717) is 0 Å². The Kier molecular flexibility index (Phi) is 6.53. The topological polar surface area (TPSA) is 36.0 Å². The summed E-state index contributed by atoms with van der Waals surface area (Å²) in [5, 5.41) is 0. The lowest BCUT2D eigenvalue weighted by atomic mass is 9.84. The number of nitrogens with zero attached hydrogens (tertiary/aromatic N) is 3. The van der Waals surface area contributed by atoms with Gasteiger partial charge in [0.15, 0.2) is 0 Å². The minimum Gasteiger partial charge on any atom is -0.453 e. The van der Waals surface area contributed by atoms with Crippen LogP contribution in [0, 0.1) is 0 Å². The van der Waals surface area contributed by atoms with E-state index in [4.69, 9.17) is 4.74 Å². The standard InChI is InChI=1S/C17H29N3O2/c1-13(21)22-17-15(11-19(4)5)8-14(10-18(2)3)9-16(17)12-20(6)7/h10-12,17H,8-9H2,1-7H3/b14-10-,15-11+,16-12-. The van der Waals surface area contributed by atoms with E-state index >= 15 is 0 Å². The fraction of sp³-hybridized carbons (Fsp3) is 0.588. The van der Waals surface area contributed by atoms with Crippen molar-refractivity contribution in [1.82, 2.24) is 14.7 Å². The van der Waals surface area contributed by atoms with Crippen molar-refractivity contribution >= 4 is 5.97 Å². The SMILES string of the molecule is CC(=O)OC1/C(=C\N(C)C)C/C(=C\N(C)C)C/C1=C\N(C)C. The van der Waals surface area contributed by atoms with Gasteiger partial charge in [0.2, 0.25) is 0 Å². The average Bonchev–Trinajstić information content (AvgIpc) is 2.30. The van der Waals surface area contributed by atoms with E-state index < -0.39 is 0 Å². The molecule has 0 aromatic heterocycles. The molecule has 1 saturated carbocycles. The number of allylic oxidation sites excluding steroid dienone is 1. The maximum Gasteiger partial charge on any atom is 0.303 e. The Morgan fingerprint density at radius 2 is 1.32 bits per heavy atom. The molecule has 1 aliphatic rings. The van der Waals surface area contributed by atoms with Gasteiger partial charge >= 0.3 is 5.97 Å². The number of esters is 1. The second-order valence-electron chi connectivity index (χ2n) is 6.43. The summed E-state index contributed by atoms with van der Waals surface area (Å²) in [5.41, 5.74) is 3.52. The molecule has 124 valence electrons. The van der Waals surface area contributed by atoms with E-state index in [1.807, 2.05) is 52.1 Å². The maximum atomic E-state index is 11.5. The number of ether oxygens (including phenoxy) is 1. The van der Waals surface area contributed by atoms with Crippen LogP contribution in [0.5, 0.6) is 0 Å². The third kappa shape index (κ3) is 5.84. The minimum atomic E-state index is -0.276. The molecule has 5 heteroatoms. The lowest BCUT2D eigenvalue weighted by Crippen LogP contribution is -2.29. The first kappa shape index (κ1) is 18.1. The fourth-order valence-corrected chi connectivity index (χ4v) is 2.67. The summed E-state index contributed by atoms with van der Waals surface area (Å²) in [7, 11) is 12.0. The van der Waals surface area contributed by atoms with Gasteiger partial charge in [0.25, 0.3) is 0 Å². The van der Waals surface area contributed by atoms with Crippen molar-refractivity contribution in [3.63, 3.8) is 0 Å². The van der Waals surface area contributed by atoms with Crippen molar-refractivity contribution < 1.29 is 9.53 Å². The Bertz CT molecular complexity index is 458. The molecule has 1 unspecified atom stereocenters. The van der Waals surface area contributed by atoms with Gasteiger partial charge in [0.05, 0.1) is 0 Å². The van der Waals surface area contributed by atoms with E-state index in [9.17, 15) is 4.79 Å². The molecule has 5 nitrogen and oxygen atoms in total. The van der Waals surface area contributed by atoms with Crippen LogP contribution in [0.2, 0.25) is 0 Å². The normalized spacial score (nSPS) is 23.8. The zero-order valence-corrected chi connectivity index (χ0v) is 14.9. The second-order valence-corrected chi connectivity index (χ2v) is 6.43. The van der Waals surface area contributed by atoms with Crippen molar-refractivity contribution in [3.8, 4) is 0 Å². The van der Waals surface area contributed by atoms with Gasteiger partial charge in [-0.2, -0.15) is 0 Å². The number of carbonyl (C=O) groups excluding carboxylic acids is 1. The minimum absolute atomic E-state index is 0.251. The first-order chi connectivity index (χ1) is 10.2. The van der Waals surface area contributed by atoms with E-state index in [1.54, 1.807) is 0 Å². The third-order valence-corrected chi connectivity index (χ3v) is 3.11. The van der Waals surface area contributed by atoms with Gasteiger partial charge in [-0.15, -0.1) is 0 Å². The highest BCUT2D eigenvalue weighted by atomic mass is 16.5. The van der Waals surface area contributed by atoms with Crippen LogP contribution in [0.3, 0.4) is 0 Å². The van der Waals surface area contributed by atoms with Gasteiger partial charge in [-0.1, -0.05) is 0 Å². The molecule has 1 atom stereocenters. The fourth-order valence-electron chi connectivity index (χ4n) is 2.67. The lowest BCUT2D eigenvalue weighted by Gasteiger charge is -2.32. The molecule has 0 aliphatic heterocycles. The van der Waals surface area contributed by atoms with E-state index in [-0.39, 0.29) is 12.1 Å². The molecule has 0 spiro atoms. The van der Waals surface area contributed by atoms with E-state index in [2.05, 4.69) is 23.5 Å². The van der Waals surface area contributed by atoms with Crippen molar-refractivity contribution in [2.45, 2.75) is 25.9 Å². The quantitative estimate of drug-likeness (QED) is 0.743. The number of rotatable bonds is 4. The smallest absolute Gasteiger partial charge is 0.303 e. The van der Waals surface area contributed by atoms with E-state index in [1.165, 1.54) is 12.5 Å². The van der Waals surface area contributed by atoms with Crippen LogP contribution in [0.4, 0.5) is 0 Å². The van der Waals surface area contributed by atoms with Crippen LogP contribution in [0.15, 0.2) is 35.3 Å². The first-order valence-electron chi connectivity index (χ1n) is 7.46. The van der Waals surface area contributed by atoms with Crippen LogP contribution in [0.25, 0.3) is 0 Å². The summed E-state index contributed by atoms with van der Waals surface area (Å²) in [6.07, 6.45) is 7.62. The summed E-state index contributed by atoms with van der Waals surface area (Å²) in [6, 6.07) is 0. The van der Waals surface area contributed by atoms with Gasteiger partial charge in [-0.05, 0) is 35.8 Å². The van der Waals surface area contributed by atoms with Gasteiger partial charge in [0, 0.05) is 61.6 Å². The molecule has 0 bridgehead atoms. The molecule has 1 fully saturated rings. The number of carbonyl (C=O) groups is 1. The van der Waals surface area contributed by atoms with Gasteiger partial charge < -0.3 is 19.4 Å². The highest BCUT2D eigenvalue weighted by molar-refractivity contribution is 5.67. The molecule has 0 amide bonds. The highest BCUT2D eigenvalue weighted by Gasteiger charge is 2.29. The summed E-state index contributed by atoms with van der Waals surface area (Å²) < 4.78 is 5.60. The Balaban J connectivity index is 3.25. The molecule has 1 rings (SSSR count). The molecule has 0 N–H and O–H groups in total. The van der Waals surface area contributed by atoms with Crippen LogP contribution >= 0.6 is 0 Å². The predicted octanol–water partition coefficient (Wildman–Crippen LogP) is 2.05. The molecule has 0 aromatic rings. The van der Waals surface area contributed by atoms with Crippen LogP contribution in [-0.2, 0) is 9.53 Å². The highest BCUT2D eigenvalue weighted by Crippen LogP contribution is 2.35. The molecule has 0 saturated heterocycles. The van der Waals surface area contributed by atoms with Gasteiger partial charge in [-0.25, -0.2) is 0 Å².